The minimum atomic E-state index is -0.349. The van der Waals surface area contributed by atoms with Gasteiger partial charge in [-0.3, -0.25) is 0 Å². The third-order valence-electron chi connectivity index (χ3n) is 4.11. The number of urea groups is 1. The Balaban J connectivity index is 1.58. The minimum Gasteiger partial charge on any atom is -0.372 e. The quantitative estimate of drug-likeness (QED) is 0.922. The van der Waals surface area contributed by atoms with Crippen LogP contribution >= 0.6 is 0 Å². The van der Waals surface area contributed by atoms with Crippen molar-refractivity contribution in [2.24, 2.45) is 0 Å². The molecule has 7 heteroatoms. The molecule has 0 radical (unpaired) electrons. The van der Waals surface area contributed by atoms with E-state index in [4.69, 9.17) is 9.26 Å². The zero-order valence-electron chi connectivity index (χ0n) is 14.8. The summed E-state index contributed by atoms with van der Waals surface area (Å²) in [6.07, 6.45) is 0.667. The number of hydrogen-bond donors (Lipinski definition) is 1. The maximum absolute atomic E-state index is 12.4. The number of nitrogens with one attached hydrogen (secondary N) is 1. The zero-order valence-corrected chi connectivity index (χ0v) is 14.8. The van der Waals surface area contributed by atoms with Crippen molar-refractivity contribution in [2.75, 3.05) is 13.1 Å². The maximum atomic E-state index is 12.4. The lowest BCUT2D eigenvalue weighted by Crippen LogP contribution is -2.52. The first kappa shape index (κ1) is 17.4. The van der Waals surface area contributed by atoms with E-state index < -0.39 is 0 Å². The second-order valence-corrected chi connectivity index (χ2v) is 6.54. The first-order valence-electron chi connectivity index (χ1n) is 8.58. The number of morpholine rings is 1. The van der Waals surface area contributed by atoms with Gasteiger partial charge in [0.25, 0.3) is 0 Å². The van der Waals surface area contributed by atoms with Crippen LogP contribution in [0.3, 0.4) is 0 Å². The summed E-state index contributed by atoms with van der Waals surface area (Å²) in [4.78, 5) is 18.6. The average Bonchev–Trinajstić information content (AvgIpc) is 3.03. The van der Waals surface area contributed by atoms with Gasteiger partial charge in [-0.1, -0.05) is 35.5 Å². The number of ether oxygens (including phenoxy) is 1. The number of benzene rings is 1. The predicted molar refractivity (Wildman–Crippen MR) is 92.1 cm³/mol. The molecule has 3 rings (SSSR count). The Labute approximate surface area is 147 Å². The molecule has 0 unspecified atom stereocenters. The molecule has 0 spiro atoms. The molecule has 1 fully saturated rings. The fourth-order valence-corrected chi connectivity index (χ4v) is 2.98. The van der Waals surface area contributed by atoms with Crippen molar-refractivity contribution < 1.29 is 14.1 Å². The van der Waals surface area contributed by atoms with Gasteiger partial charge < -0.3 is 19.5 Å². The van der Waals surface area contributed by atoms with Crippen LogP contribution in [0.4, 0.5) is 4.79 Å². The van der Waals surface area contributed by atoms with Gasteiger partial charge in [0.15, 0.2) is 5.82 Å². The molecule has 1 aliphatic rings. The second-order valence-electron chi connectivity index (χ2n) is 6.54. The number of carbonyl (C=O) groups excluding carboxylic acids is 1. The lowest BCUT2D eigenvalue weighted by molar-refractivity contribution is -0.0548. The van der Waals surface area contributed by atoms with Crippen molar-refractivity contribution in [3.63, 3.8) is 0 Å². The summed E-state index contributed by atoms with van der Waals surface area (Å²) < 4.78 is 11.0. The Bertz CT molecular complexity index is 693. The van der Waals surface area contributed by atoms with Crippen LogP contribution in [0, 0.1) is 0 Å². The zero-order chi connectivity index (χ0) is 17.8. The molecular weight excluding hydrogens is 320 g/mol. The predicted octanol–water partition coefficient (Wildman–Crippen LogP) is 2.54. The third-order valence-corrected chi connectivity index (χ3v) is 4.11. The average molecular weight is 344 g/mol. The van der Waals surface area contributed by atoms with Gasteiger partial charge >= 0.3 is 6.03 Å². The van der Waals surface area contributed by atoms with Crippen LogP contribution in [0.5, 0.6) is 0 Å². The Morgan fingerprint density at radius 3 is 2.64 bits per heavy atom. The summed E-state index contributed by atoms with van der Waals surface area (Å²) >= 11 is 0. The molecule has 3 atom stereocenters. The van der Waals surface area contributed by atoms with E-state index in [1.807, 2.05) is 51.1 Å². The molecule has 2 aromatic rings. The van der Waals surface area contributed by atoms with Gasteiger partial charge in [-0.25, -0.2) is 4.79 Å². The van der Waals surface area contributed by atoms with Crippen LogP contribution in [0.2, 0.25) is 0 Å². The Morgan fingerprint density at radius 2 is 1.96 bits per heavy atom. The molecule has 25 heavy (non-hydrogen) atoms. The number of rotatable bonds is 4. The van der Waals surface area contributed by atoms with Gasteiger partial charge in [0, 0.05) is 19.5 Å². The molecule has 1 aromatic heterocycles. The summed E-state index contributed by atoms with van der Waals surface area (Å²) in [5.74, 6) is 1.02. The van der Waals surface area contributed by atoms with Crippen molar-refractivity contribution >= 4 is 6.03 Å². The highest BCUT2D eigenvalue weighted by Crippen LogP contribution is 2.15. The number of aromatic nitrogens is 2. The molecule has 2 heterocycles. The van der Waals surface area contributed by atoms with Gasteiger partial charge in [-0.05, 0) is 26.3 Å². The highest BCUT2D eigenvalue weighted by Gasteiger charge is 2.27. The highest BCUT2D eigenvalue weighted by atomic mass is 16.5. The van der Waals surface area contributed by atoms with Crippen molar-refractivity contribution in [1.29, 1.82) is 0 Å². The molecule has 7 nitrogen and oxygen atoms in total. The van der Waals surface area contributed by atoms with E-state index in [-0.39, 0.29) is 24.3 Å². The number of hydrogen-bond acceptors (Lipinski definition) is 5. The van der Waals surface area contributed by atoms with Crippen molar-refractivity contribution in [1.82, 2.24) is 20.4 Å². The topological polar surface area (TPSA) is 80.5 Å². The summed E-state index contributed by atoms with van der Waals surface area (Å²) in [7, 11) is 0. The number of nitrogens with zero attached hydrogens (tertiary/aromatic N) is 3. The molecule has 1 N–H and O–H groups in total. The molecule has 0 bridgehead atoms. The van der Waals surface area contributed by atoms with Crippen LogP contribution in [-0.4, -0.2) is 46.4 Å². The van der Waals surface area contributed by atoms with Crippen molar-refractivity contribution in [3.8, 4) is 0 Å². The molecule has 2 amide bonds. The summed E-state index contributed by atoms with van der Waals surface area (Å²) in [5, 5.41) is 6.92. The van der Waals surface area contributed by atoms with E-state index in [9.17, 15) is 4.79 Å². The van der Waals surface area contributed by atoms with Gasteiger partial charge in [0.1, 0.15) is 6.04 Å². The number of carbonyl (C=O) groups is 1. The van der Waals surface area contributed by atoms with E-state index in [0.717, 1.165) is 5.56 Å². The Kier molecular flexibility index (Phi) is 5.33. The van der Waals surface area contributed by atoms with Crippen LogP contribution in [-0.2, 0) is 11.2 Å². The molecule has 1 aliphatic heterocycles. The molecule has 1 saturated heterocycles. The van der Waals surface area contributed by atoms with Crippen molar-refractivity contribution in [2.45, 2.75) is 45.4 Å². The standard InChI is InChI=1S/C18H24N4O3/c1-12-10-22(11-13(2)24-12)18(23)19-14(3)17-20-16(21-25-17)9-15-7-5-4-6-8-15/h4-8,12-14H,9-11H2,1-3H3,(H,19,23)/t12-,13+,14-/m0/s1. The van der Waals surface area contributed by atoms with Gasteiger partial charge in [0.2, 0.25) is 5.89 Å². The van der Waals surface area contributed by atoms with Crippen LogP contribution in [0.1, 0.15) is 44.1 Å². The maximum Gasteiger partial charge on any atom is 0.318 e. The summed E-state index contributed by atoms with van der Waals surface area (Å²) in [6.45, 7) is 6.92. The van der Waals surface area contributed by atoms with Gasteiger partial charge in [-0.2, -0.15) is 4.98 Å². The molecule has 134 valence electrons. The van der Waals surface area contributed by atoms with E-state index >= 15 is 0 Å². The van der Waals surface area contributed by atoms with Crippen LogP contribution < -0.4 is 5.32 Å². The first-order valence-corrected chi connectivity index (χ1v) is 8.58. The highest BCUT2D eigenvalue weighted by molar-refractivity contribution is 5.74. The largest absolute Gasteiger partial charge is 0.372 e. The summed E-state index contributed by atoms with van der Waals surface area (Å²) in [5.41, 5.74) is 1.11. The SMILES string of the molecule is C[C@@H]1CN(C(=O)N[C@@H](C)c2nc(Cc3ccccc3)no2)C[C@H](C)O1. The first-order chi connectivity index (χ1) is 12.0. The number of amides is 2. The monoisotopic (exact) mass is 344 g/mol. The fraction of sp³-hybridized carbons (Fsp3) is 0.500. The Morgan fingerprint density at radius 1 is 1.28 bits per heavy atom. The van der Waals surface area contributed by atoms with Gasteiger partial charge in [-0.15, -0.1) is 0 Å². The lowest BCUT2D eigenvalue weighted by Gasteiger charge is -2.35. The fourth-order valence-electron chi connectivity index (χ4n) is 2.98. The lowest BCUT2D eigenvalue weighted by atomic mass is 10.1. The van der Waals surface area contributed by atoms with E-state index in [0.29, 0.717) is 31.2 Å². The van der Waals surface area contributed by atoms with E-state index in [1.165, 1.54) is 0 Å². The summed E-state index contributed by atoms with van der Waals surface area (Å²) in [6, 6.07) is 9.46. The molecule has 0 saturated carbocycles. The van der Waals surface area contributed by atoms with Gasteiger partial charge in [0.05, 0.1) is 12.2 Å². The van der Waals surface area contributed by atoms with Crippen molar-refractivity contribution in [3.05, 3.63) is 47.6 Å². The second kappa shape index (κ2) is 7.65. The third kappa shape index (κ3) is 4.57. The smallest absolute Gasteiger partial charge is 0.318 e. The van der Waals surface area contributed by atoms with Crippen LogP contribution in [0.15, 0.2) is 34.9 Å². The van der Waals surface area contributed by atoms with E-state index in [1.54, 1.807) is 4.90 Å². The Hall–Kier alpha value is -2.41. The molecular formula is C18H24N4O3. The molecule has 0 aliphatic carbocycles. The molecule has 1 aromatic carbocycles. The van der Waals surface area contributed by atoms with E-state index in [2.05, 4.69) is 15.5 Å². The minimum absolute atomic E-state index is 0.0330. The normalized spacial score (nSPS) is 21.8. The van der Waals surface area contributed by atoms with Crippen LogP contribution in [0.25, 0.3) is 0 Å².